The summed E-state index contributed by atoms with van der Waals surface area (Å²) < 4.78 is 13.8. The summed E-state index contributed by atoms with van der Waals surface area (Å²) in [4.78, 5) is 2.24. The van der Waals surface area contributed by atoms with Gasteiger partial charge in [0.1, 0.15) is 5.82 Å². The molecule has 2 rings (SSSR count). The van der Waals surface area contributed by atoms with Crippen LogP contribution in [0.2, 0.25) is 0 Å². The number of piperidine rings is 1. The largest absolute Gasteiger partial charge is 0.327 e. The summed E-state index contributed by atoms with van der Waals surface area (Å²) in [5.74, 6) is -0.0679. The van der Waals surface area contributed by atoms with Crippen molar-refractivity contribution in [2.24, 2.45) is 5.73 Å². The highest BCUT2D eigenvalue weighted by molar-refractivity contribution is 5.24. The SMILES string of the molecule is Cc1cccc(CN2CCC[C@H](N)C2)c1F. The van der Waals surface area contributed by atoms with E-state index in [1.54, 1.807) is 13.0 Å². The first kappa shape index (κ1) is 11.6. The molecule has 0 unspecified atom stereocenters. The molecule has 0 amide bonds. The van der Waals surface area contributed by atoms with Gasteiger partial charge >= 0.3 is 0 Å². The average molecular weight is 222 g/mol. The van der Waals surface area contributed by atoms with Crippen molar-refractivity contribution in [2.75, 3.05) is 13.1 Å². The lowest BCUT2D eigenvalue weighted by Gasteiger charge is -2.30. The molecule has 2 N–H and O–H groups in total. The van der Waals surface area contributed by atoms with Crippen LogP contribution in [0.15, 0.2) is 18.2 Å². The molecule has 1 atom stereocenters. The van der Waals surface area contributed by atoms with Crippen molar-refractivity contribution in [3.8, 4) is 0 Å². The van der Waals surface area contributed by atoms with Gasteiger partial charge in [-0.2, -0.15) is 0 Å². The van der Waals surface area contributed by atoms with Crippen molar-refractivity contribution >= 4 is 0 Å². The molecule has 1 heterocycles. The van der Waals surface area contributed by atoms with Crippen LogP contribution in [-0.2, 0) is 6.54 Å². The van der Waals surface area contributed by atoms with Gasteiger partial charge in [-0.1, -0.05) is 18.2 Å². The van der Waals surface area contributed by atoms with Crippen molar-refractivity contribution in [3.63, 3.8) is 0 Å². The Morgan fingerprint density at radius 2 is 2.31 bits per heavy atom. The van der Waals surface area contributed by atoms with E-state index < -0.39 is 0 Å². The van der Waals surface area contributed by atoms with Gasteiger partial charge in [0.2, 0.25) is 0 Å². The van der Waals surface area contributed by atoms with E-state index >= 15 is 0 Å². The fourth-order valence-electron chi connectivity index (χ4n) is 2.31. The topological polar surface area (TPSA) is 29.3 Å². The van der Waals surface area contributed by atoms with Crippen LogP contribution in [0.1, 0.15) is 24.0 Å². The molecule has 0 aliphatic carbocycles. The normalized spacial score (nSPS) is 22.3. The number of hydrogen-bond donors (Lipinski definition) is 1. The lowest BCUT2D eigenvalue weighted by atomic mass is 10.0. The summed E-state index contributed by atoms with van der Waals surface area (Å²) in [6, 6.07) is 5.84. The second-order valence-corrected chi connectivity index (χ2v) is 4.69. The van der Waals surface area contributed by atoms with Crippen LogP contribution in [0.25, 0.3) is 0 Å². The minimum absolute atomic E-state index is 0.0679. The summed E-state index contributed by atoms with van der Waals surface area (Å²) >= 11 is 0. The highest BCUT2D eigenvalue weighted by atomic mass is 19.1. The second kappa shape index (κ2) is 4.93. The Balaban J connectivity index is 2.05. The number of hydrogen-bond acceptors (Lipinski definition) is 2. The Labute approximate surface area is 96.2 Å². The van der Waals surface area contributed by atoms with Crippen LogP contribution >= 0.6 is 0 Å². The molecule has 0 spiro atoms. The minimum atomic E-state index is -0.0679. The summed E-state index contributed by atoms with van der Waals surface area (Å²) in [5.41, 5.74) is 7.42. The molecule has 1 aromatic carbocycles. The molecule has 0 bridgehead atoms. The third-order valence-corrected chi connectivity index (χ3v) is 3.21. The zero-order chi connectivity index (χ0) is 11.5. The molecule has 0 saturated carbocycles. The molecule has 88 valence electrons. The van der Waals surface area contributed by atoms with E-state index in [0.717, 1.165) is 37.1 Å². The number of likely N-dealkylation sites (tertiary alicyclic amines) is 1. The highest BCUT2D eigenvalue weighted by Gasteiger charge is 2.17. The number of benzene rings is 1. The Morgan fingerprint density at radius 3 is 3.06 bits per heavy atom. The van der Waals surface area contributed by atoms with Crippen LogP contribution in [-0.4, -0.2) is 24.0 Å². The van der Waals surface area contributed by atoms with Gasteiger partial charge in [-0.25, -0.2) is 4.39 Å². The molecular formula is C13H19FN2. The summed E-state index contributed by atoms with van der Waals surface area (Å²) in [6.45, 7) is 4.40. The fraction of sp³-hybridized carbons (Fsp3) is 0.538. The Bertz CT molecular complexity index is 365. The number of rotatable bonds is 2. The molecule has 0 radical (unpaired) electrons. The van der Waals surface area contributed by atoms with Crippen LogP contribution in [0.4, 0.5) is 4.39 Å². The maximum absolute atomic E-state index is 13.8. The van der Waals surface area contributed by atoms with Gasteiger partial charge in [0, 0.05) is 24.7 Å². The van der Waals surface area contributed by atoms with E-state index in [1.165, 1.54) is 0 Å². The van der Waals surface area contributed by atoms with E-state index in [9.17, 15) is 4.39 Å². The zero-order valence-electron chi connectivity index (χ0n) is 9.75. The van der Waals surface area contributed by atoms with Gasteiger partial charge in [-0.05, 0) is 31.9 Å². The summed E-state index contributed by atoms with van der Waals surface area (Å²) in [6.07, 6.45) is 2.21. The van der Waals surface area contributed by atoms with Crippen molar-refractivity contribution in [1.82, 2.24) is 4.90 Å². The third-order valence-electron chi connectivity index (χ3n) is 3.21. The van der Waals surface area contributed by atoms with E-state index in [2.05, 4.69) is 4.90 Å². The lowest BCUT2D eigenvalue weighted by Crippen LogP contribution is -2.42. The fourth-order valence-corrected chi connectivity index (χ4v) is 2.31. The van der Waals surface area contributed by atoms with E-state index in [-0.39, 0.29) is 11.9 Å². The Morgan fingerprint density at radius 1 is 1.50 bits per heavy atom. The first-order valence-corrected chi connectivity index (χ1v) is 5.89. The quantitative estimate of drug-likeness (QED) is 0.830. The van der Waals surface area contributed by atoms with Gasteiger partial charge in [-0.3, -0.25) is 4.90 Å². The zero-order valence-corrected chi connectivity index (χ0v) is 9.75. The van der Waals surface area contributed by atoms with Crippen molar-refractivity contribution < 1.29 is 4.39 Å². The molecule has 1 saturated heterocycles. The smallest absolute Gasteiger partial charge is 0.130 e. The average Bonchev–Trinajstić information content (AvgIpc) is 2.25. The van der Waals surface area contributed by atoms with E-state index in [4.69, 9.17) is 5.73 Å². The monoisotopic (exact) mass is 222 g/mol. The van der Waals surface area contributed by atoms with Crippen molar-refractivity contribution in [2.45, 2.75) is 32.4 Å². The third kappa shape index (κ3) is 2.60. The lowest BCUT2D eigenvalue weighted by molar-refractivity contribution is 0.199. The maximum Gasteiger partial charge on any atom is 0.130 e. The number of halogens is 1. The predicted octanol–water partition coefficient (Wildman–Crippen LogP) is 2.06. The van der Waals surface area contributed by atoms with Gasteiger partial charge in [0.15, 0.2) is 0 Å². The molecule has 1 aliphatic rings. The predicted molar refractivity (Wildman–Crippen MR) is 63.6 cm³/mol. The number of nitrogens with zero attached hydrogens (tertiary/aromatic N) is 1. The Kier molecular flexibility index (Phi) is 3.56. The highest BCUT2D eigenvalue weighted by Crippen LogP contribution is 2.17. The second-order valence-electron chi connectivity index (χ2n) is 4.69. The van der Waals surface area contributed by atoms with Crippen LogP contribution in [0.3, 0.4) is 0 Å². The molecule has 2 nitrogen and oxygen atoms in total. The van der Waals surface area contributed by atoms with Crippen LogP contribution < -0.4 is 5.73 Å². The summed E-state index contributed by atoms with van der Waals surface area (Å²) in [7, 11) is 0. The van der Waals surface area contributed by atoms with Crippen LogP contribution in [0.5, 0.6) is 0 Å². The molecule has 1 aliphatic heterocycles. The van der Waals surface area contributed by atoms with Gasteiger partial charge < -0.3 is 5.73 Å². The molecule has 3 heteroatoms. The molecule has 1 fully saturated rings. The van der Waals surface area contributed by atoms with E-state index in [0.29, 0.717) is 6.54 Å². The number of nitrogens with two attached hydrogens (primary N) is 1. The van der Waals surface area contributed by atoms with E-state index in [1.807, 2.05) is 12.1 Å². The first-order chi connectivity index (χ1) is 7.66. The van der Waals surface area contributed by atoms with Crippen molar-refractivity contribution in [1.29, 1.82) is 0 Å². The molecule has 1 aromatic rings. The molecular weight excluding hydrogens is 203 g/mol. The summed E-state index contributed by atoms with van der Waals surface area (Å²) in [5, 5.41) is 0. The van der Waals surface area contributed by atoms with Crippen LogP contribution in [0, 0.1) is 12.7 Å². The molecule has 16 heavy (non-hydrogen) atoms. The van der Waals surface area contributed by atoms with Gasteiger partial charge in [-0.15, -0.1) is 0 Å². The maximum atomic E-state index is 13.8. The standard InChI is InChI=1S/C13H19FN2/c1-10-4-2-5-11(13(10)14)8-16-7-3-6-12(15)9-16/h2,4-5,12H,3,6-9,15H2,1H3/t12-/m0/s1. The van der Waals surface area contributed by atoms with Gasteiger partial charge in [0.25, 0.3) is 0 Å². The first-order valence-electron chi connectivity index (χ1n) is 5.89. The van der Waals surface area contributed by atoms with Crippen molar-refractivity contribution in [3.05, 3.63) is 35.1 Å². The minimum Gasteiger partial charge on any atom is -0.327 e. The molecule has 0 aromatic heterocycles. The van der Waals surface area contributed by atoms with Gasteiger partial charge in [0.05, 0.1) is 0 Å². The Hall–Kier alpha value is -0.930. The number of aryl methyl sites for hydroxylation is 1.